The van der Waals surface area contributed by atoms with Gasteiger partial charge in [0.2, 0.25) is 11.8 Å². The molecular formula is C13H17NO3. The van der Waals surface area contributed by atoms with Gasteiger partial charge < -0.3 is 5.11 Å². The molecule has 1 N–H and O–H groups in total. The van der Waals surface area contributed by atoms with Crippen LogP contribution in [0.25, 0.3) is 0 Å². The fourth-order valence-corrected chi connectivity index (χ4v) is 3.50. The number of allylic oxidation sites excluding steroid dienone is 2. The van der Waals surface area contributed by atoms with Crippen molar-refractivity contribution in [2.24, 2.45) is 23.7 Å². The summed E-state index contributed by atoms with van der Waals surface area (Å²) in [7, 11) is 0. The SMILES string of the molecule is CC(O)CCN1C(=O)C2C3C=CC(C3)C2C1=O. The number of hydrogen-bond donors (Lipinski definition) is 1. The molecule has 1 saturated carbocycles. The van der Waals surface area contributed by atoms with Crippen LogP contribution >= 0.6 is 0 Å². The zero-order valence-corrected chi connectivity index (χ0v) is 9.87. The van der Waals surface area contributed by atoms with Gasteiger partial charge in [0.05, 0.1) is 17.9 Å². The highest BCUT2D eigenvalue weighted by Gasteiger charge is 2.58. The molecule has 5 atom stereocenters. The Labute approximate surface area is 100 Å². The number of likely N-dealkylation sites (tertiary alicyclic amines) is 1. The van der Waals surface area contributed by atoms with Gasteiger partial charge >= 0.3 is 0 Å². The Balaban J connectivity index is 1.78. The molecule has 2 bridgehead atoms. The first kappa shape index (κ1) is 11.0. The maximum Gasteiger partial charge on any atom is 0.233 e. The maximum absolute atomic E-state index is 12.2. The van der Waals surface area contributed by atoms with E-state index >= 15 is 0 Å². The average molecular weight is 235 g/mol. The molecule has 0 aromatic carbocycles. The zero-order chi connectivity index (χ0) is 12.2. The van der Waals surface area contributed by atoms with Crippen LogP contribution in [-0.4, -0.2) is 34.5 Å². The highest BCUT2D eigenvalue weighted by molar-refractivity contribution is 6.06. The number of rotatable bonds is 3. The van der Waals surface area contributed by atoms with Crippen LogP contribution in [0.2, 0.25) is 0 Å². The summed E-state index contributed by atoms with van der Waals surface area (Å²) < 4.78 is 0. The monoisotopic (exact) mass is 235 g/mol. The molecule has 4 nitrogen and oxygen atoms in total. The highest BCUT2D eigenvalue weighted by atomic mass is 16.3. The minimum Gasteiger partial charge on any atom is -0.393 e. The summed E-state index contributed by atoms with van der Waals surface area (Å²) in [6, 6.07) is 0. The van der Waals surface area contributed by atoms with Crippen LogP contribution in [0.3, 0.4) is 0 Å². The van der Waals surface area contributed by atoms with E-state index < -0.39 is 6.10 Å². The van der Waals surface area contributed by atoms with Gasteiger partial charge in [0.15, 0.2) is 0 Å². The van der Waals surface area contributed by atoms with Crippen molar-refractivity contribution in [2.75, 3.05) is 6.54 Å². The summed E-state index contributed by atoms with van der Waals surface area (Å²) in [5.41, 5.74) is 0. The van der Waals surface area contributed by atoms with E-state index in [-0.39, 0.29) is 35.5 Å². The van der Waals surface area contributed by atoms with Crippen LogP contribution in [0.15, 0.2) is 12.2 Å². The number of hydrogen-bond acceptors (Lipinski definition) is 3. The molecule has 1 saturated heterocycles. The molecule has 0 aromatic heterocycles. The van der Waals surface area contributed by atoms with Crippen molar-refractivity contribution in [2.45, 2.75) is 25.9 Å². The number of imide groups is 1. The predicted molar refractivity (Wildman–Crippen MR) is 60.7 cm³/mol. The number of nitrogens with zero attached hydrogens (tertiary/aromatic N) is 1. The van der Waals surface area contributed by atoms with Crippen molar-refractivity contribution in [1.82, 2.24) is 4.90 Å². The van der Waals surface area contributed by atoms with E-state index in [0.29, 0.717) is 13.0 Å². The lowest BCUT2D eigenvalue weighted by Gasteiger charge is -2.17. The normalized spacial score (nSPS) is 40.2. The highest BCUT2D eigenvalue weighted by Crippen LogP contribution is 2.52. The second kappa shape index (κ2) is 3.67. The largest absolute Gasteiger partial charge is 0.393 e. The minimum atomic E-state index is -0.467. The Morgan fingerprint density at radius 1 is 1.29 bits per heavy atom. The molecule has 2 fully saturated rings. The first-order valence-corrected chi connectivity index (χ1v) is 6.31. The van der Waals surface area contributed by atoms with Gasteiger partial charge in [0.25, 0.3) is 0 Å². The summed E-state index contributed by atoms with van der Waals surface area (Å²) >= 11 is 0. The van der Waals surface area contributed by atoms with E-state index in [1.54, 1.807) is 6.92 Å². The fourth-order valence-electron chi connectivity index (χ4n) is 3.50. The standard InChI is InChI=1S/C13H17NO3/c1-7(15)4-5-14-12(16)10-8-2-3-9(6-8)11(10)13(14)17/h2-3,7-11,15H,4-6H2,1H3. The van der Waals surface area contributed by atoms with Gasteiger partial charge in [-0.05, 0) is 31.6 Å². The summed E-state index contributed by atoms with van der Waals surface area (Å²) in [4.78, 5) is 25.7. The smallest absolute Gasteiger partial charge is 0.233 e. The molecule has 2 amide bonds. The van der Waals surface area contributed by atoms with E-state index in [1.165, 1.54) is 4.90 Å². The summed E-state index contributed by atoms with van der Waals surface area (Å²) in [6.45, 7) is 2.04. The minimum absolute atomic E-state index is 0.0162. The molecule has 3 rings (SSSR count). The van der Waals surface area contributed by atoms with Crippen molar-refractivity contribution in [3.05, 3.63) is 12.2 Å². The van der Waals surface area contributed by atoms with Gasteiger partial charge in [-0.2, -0.15) is 0 Å². The zero-order valence-electron chi connectivity index (χ0n) is 9.87. The molecule has 1 heterocycles. The van der Waals surface area contributed by atoms with Crippen LogP contribution in [0.1, 0.15) is 19.8 Å². The third-order valence-corrected chi connectivity index (χ3v) is 4.33. The summed E-state index contributed by atoms with van der Waals surface area (Å²) in [5, 5.41) is 9.24. The molecule has 0 aromatic rings. The Hall–Kier alpha value is -1.16. The summed E-state index contributed by atoms with van der Waals surface area (Å²) in [6.07, 6.45) is 5.16. The maximum atomic E-state index is 12.2. The van der Waals surface area contributed by atoms with Crippen LogP contribution in [0.5, 0.6) is 0 Å². The number of amides is 2. The second-order valence-electron chi connectivity index (χ2n) is 5.47. The van der Waals surface area contributed by atoms with E-state index in [4.69, 9.17) is 0 Å². The molecular weight excluding hydrogens is 218 g/mol. The summed E-state index contributed by atoms with van der Waals surface area (Å²) in [5.74, 6) is 0.309. The lowest BCUT2D eigenvalue weighted by Crippen LogP contribution is -2.35. The molecule has 1 aliphatic heterocycles. The Bertz CT molecular complexity index is 371. The van der Waals surface area contributed by atoms with Crippen LogP contribution in [0.4, 0.5) is 0 Å². The van der Waals surface area contributed by atoms with Gasteiger partial charge in [-0.3, -0.25) is 14.5 Å². The topological polar surface area (TPSA) is 57.6 Å². The molecule has 3 aliphatic rings. The second-order valence-corrected chi connectivity index (χ2v) is 5.47. The third kappa shape index (κ3) is 1.47. The lowest BCUT2D eigenvalue weighted by atomic mass is 9.85. The van der Waals surface area contributed by atoms with Gasteiger partial charge in [0.1, 0.15) is 0 Å². The third-order valence-electron chi connectivity index (χ3n) is 4.33. The number of aliphatic hydroxyl groups is 1. The molecule has 0 spiro atoms. The Morgan fingerprint density at radius 3 is 2.29 bits per heavy atom. The van der Waals surface area contributed by atoms with Gasteiger partial charge in [-0.15, -0.1) is 0 Å². The van der Waals surface area contributed by atoms with Crippen molar-refractivity contribution in [3.8, 4) is 0 Å². The van der Waals surface area contributed by atoms with Crippen molar-refractivity contribution >= 4 is 11.8 Å². The molecule has 0 radical (unpaired) electrons. The van der Waals surface area contributed by atoms with E-state index in [2.05, 4.69) is 12.2 Å². The van der Waals surface area contributed by atoms with Gasteiger partial charge in [0, 0.05) is 6.54 Å². The first-order valence-electron chi connectivity index (χ1n) is 6.31. The van der Waals surface area contributed by atoms with Crippen molar-refractivity contribution < 1.29 is 14.7 Å². The number of fused-ring (bicyclic) bond motifs is 5. The molecule has 5 unspecified atom stereocenters. The quantitative estimate of drug-likeness (QED) is 0.574. The van der Waals surface area contributed by atoms with Crippen LogP contribution in [0, 0.1) is 23.7 Å². The van der Waals surface area contributed by atoms with Gasteiger partial charge in [-0.1, -0.05) is 12.2 Å². The molecule has 4 heteroatoms. The number of carbonyl (C=O) groups excluding carboxylic acids is 2. The Morgan fingerprint density at radius 2 is 1.82 bits per heavy atom. The molecule has 92 valence electrons. The van der Waals surface area contributed by atoms with Crippen LogP contribution in [-0.2, 0) is 9.59 Å². The van der Waals surface area contributed by atoms with E-state index in [0.717, 1.165) is 6.42 Å². The molecule has 2 aliphatic carbocycles. The fraction of sp³-hybridized carbons (Fsp3) is 0.692. The van der Waals surface area contributed by atoms with Crippen molar-refractivity contribution in [3.63, 3.8) is 0 Å². The van der Waals surface area contributed by atoms with Crippen molar-refractivity contribution in [1.29, 1.82) is 0 Å². The lowest BCUT2D eigenvalue weighted by molar-refractivity contribution is -0.141. The number of aliphatic hydroxyl groups excluding tert-OH is 1. The molecule has 17 heavy (non-hydrogen) atoms. The Kier molecular flexibility index (Phi) is 2.36. The van der Waals surface area contributed by atoms with Crippen LogP contribution < -0.4 is 0 Å². The predicted octanol–water partition coefficient (Wildman–Crippen LogP) is 0.564. The van der Waals surface area contributed by atoms with E-state index in [9.17, 15) is 14.7 Å². The number of carbonyl (C=O) groups is 2. The van der Waals surface area contributed by atoms with E-state index in [1.807, 2.05) is 0 Å². The average Bonchev–Trinajstić information content (AvgIpc) is 2.92. The van der Waals surface area contributed by atoms with Gasteiger partial charge in [-0.25, -0.2) is 0 Å². The first-order chi connectivity index (χ1) is 8.09.